The SMILES string of the molecule is CC(c1ccccc1)c1ccnc(-c2[c-]ccc(-c3ccccc3)c2)c1.Cc1c[c-]c(-c2cc(C(C)C)c([Si](C)(C)C)cn2)cc1.[Ir]. The second-order valence-corrected chi connectivity index (χ2v) is 18.3. The predicted octanol–water partition coefficient (Wildman–Crippen LogP) is 10.9. The molecule has 241 valence electrons. The van der Waals surface area contributed by atoms with E-state index in [-0.39, 0.29) is 20.1 Å². The van der Waals surface area contributed by atoms with E-state index < -0.39 is 8.07 Å². The van der Waals surface area contributed by atoms with E-state index in [4.69, 9.17) is 4.98 Å². The van der Waals surface area contributed by atoms with Crippen LogP contribution in [0.4, 0.5) is 0 Å². The van der Waals surface area contributed by atoms with E-state index in [1.165, 1.54) is 38.6 Å². The maximum Gasteiger partial charge on any atom is 0.0799 e. The summed E-state index contributed by atoms with van der Waals surface area (Å²) in [6.07, 6.45) is 4.00. The molecule has 2 aromatic heterocycles. The van der Waals surface area contributed by atoms with Gasteiger partial charge in [-0.2, -0.15) is 0 Å². The van der Waals surface area contributed by atoms with Crippen molar-refractivity contribution in [3.05, 3.63) is 162 Å². The molecule has 4 heteroatoms. The molecule has 1 atom stereocenters. The zero-order valence-electron chi connectivity index (χ0n) is 28.5. The number of nitrogens with zero attached hydrogens (tertiary/aromatic N) is 2. The Bertz CT molecular complexity index is 1860. The molecule has 0 bridgehead atoms. The Hall–Kier alpha value is -3.95. The number of benzene rings is 4. The summed E-state index contributed by atoms with van der Waals surface area (Å²) in [5, 5.41) is 1.48. The molecule has 1 radical (unpaired) electrons. The minimum atomic E-state index is -1.35. The standard InChI is InChI=1S/C25H20N.C18H24NSi.Ir/c1-19(20-9-4-2-5-10-20)22-15-16-26-25(18-22)24-14-8-13-23(17-24)21-11-6-3-7-12-21;1-13(2)16-11-17(15-9-7-14(3)8-10-15)19-12-18(16)20(4,5)6;/h2-13,15-19H,1H3;7-9,11-13H,1-6H3;/q2*-1;. The Morgan fingerprint density at radius 3 is 1.96 bits per heavy atom. The molecule has 0 aliphatic rings. The summed E-state index contributed by atoms with van der Waals surface area (Å²) in [6.45, 7) is 16.0. The van der Waals surface area contributed by atoms with Gasteiger partial charge in [0.15, 0.2) is 0 Å². The molecule has 2 heterocycles. The molecule has 0 spiro atoms. The van der Waals surface area contributed by atoms with Crippen molar-refractivity contribution in [2.45, 2.75) is 59.2 Å². The third-order valence-corrected chi connectivity index (χ3v) is 10.4. The van der Waals surface area contributed by atoms with Crippen LogP contribution in [-0.4, -0.2) is 18.0 Å². The van der Waals surface area contributed by atoms with Crippen molar-refractivity contribution in [3.8, 4) is 33.6 Å². The van der Waals surface area contributed by atoms with Gasteiger partial charge >= 0.3 is 0 Å². The molecule has 0 N–H and O–H groups in total. The summed E-state index contributed by atoms with van der Waals surface area (Å²) in [5.41, 5.74) is 11.7. The van der Waals surface area contributed by atoms with E-state index in [0.29, 0.717) is 11.8 Å². The second kappa shape index (κ2) is 16.2. The number of rotatable bonds is 7. The first-order valence-corrected chi connectivity index (χ1v) is 19.7. The molecule has 0 aliphatic heterocycles. The molecule has 0 saturated heterocycles. The number of aromatic nitrogens is 2. The van der Waals surface area contributed by atoms with Gasteiger partial charge in [-0.05, 0) is 45.2 Å². The van der Waals surface area contributed by atoms with Gasteiger partial charge in [0, 0.05) is 38.4 Å². The maximum atomic E-state index is 4.69. The Labute approximate surface area is 296 Å². The second-order valence-electron chi connectivity index (χ2n) is 13.3. The fraction of sp³-hybridized carbons (Fsp3) is 0.209. The van der Waals surface area contributed by atoms with Gasteiger partial charge in [0.1, 0.15) is 0 Å². The van der Waals surface area contributed by atoms with Crippen LogP contribution >= 0.6 is 0 Å². The first-order chi connectivity index (χ1) is 22.1. The number of pyridine rings is 2. The van der Waals surface area contributed by atoms with Crippen LogP contribution in [0.1, 0.15) is 54.9 Å². The predicted molar refractivity (Wildman–Crippen MR) is 198 cm³/mol. The molecular formula is C43H44IrN2Si-2. The molecule has 4 aromatic carbocycles. The van der Waals surface area contributed by atoms with Crippen molar-refractivity contribution >= 4 is 13.3 Å². The van der Waals surface area contributed by atoms with E-state index >= 15 is 0 Å². The van der Waals surface area contributed by atoms with Gasteiger partial charge in [-0.15, -0.1) is 70.8 Å². The monoisotopic (exact) mass is 809 g/mol. The fourth-order valence-corrected chi connectivity index (χ4v) is 7.29. The Balaban J connectivity index is 0.000000216. The summed E-state index contributed by atoms with van der Waals surface area (Å²) in [7, 11) is -1.35. The topological polar surface area (TPSA) is 25.8 Å². The van der Waals surface area contributed by atoms with Crippen molar-refractivity contribution in [1.82, 2.24) is 9.97 Å². The maximum absolute atomic E-state index is 4.69. The molecule has 2 nitrogen and oxygen atoms in total. The third-order valence-electron chi connectivity index (χ3n) is 8.38. The zero-order chi connectivity index (χ0) is 32.7. The summed E-state index contributed by atoms with van der Waals surface area (Å²) in [4.78, 5) is 9.28. The average Bonchev–Trinajstić information content (AvgIpc) is 3.09. The van der Waals surface area contributed by atoms with E-state index in [0.717, 1.165) is 22.5 Å². The summed E-state index contributed by atoms with van der Waals surface area (Å²) >= 11 is 0. The van der Waals surface area contributed by atoms with Gasteiger partial charge in [0.05, 0.1) is 8.07 Å². The zero-order valence-corrected chi connectivity index (χ0v) is 31.9. The van der Waals surface area contributed by atoms with E-state index in [2.05, 4.69) is 168 Å². The Morgan fingerprint density at radius 1 is 0.638 bits per heavy atom. The third kappa shape index (κ3) is 9.32. The Morgan fingerprint density at radius 2 is 1.32 bits per heavy atom. The van der Waals surface area contributed by atoms with Gasteiger partial charge in [-0.1, -0.05) is 126 Å². The average molecular weight is 809 g/mol. The molecule has 47 heavy (non-hydrogen) atoms. The largest absolute Gasteiger partial charge is 0.305 e. The van der Waals surface area contributed by atoms with Crippen LogP contribution in [0.25, 0.3) is 33.6 Å². The molecule has 1 unspecified atom stereocenters. The van der Waals surface area contributed by atoms with Gasteiger partial charge in [-0.3, -0.25) is 0 Å². The van der Waals surface area contributed by atoms with Crippen LogP contribution in [0.3, 0.4) is 0 Å². The van der Waals surface area contributed by atoms with Gasteiger partial charge in [0.2, 0.25) is 0 Å². The number of hydrogen-bond donors (Lipinski definition) is 0. The number of aryl methyl sites for hydroxylation is 1. The minimum Gasteiger partial charge on any atom is -0.305 e. The van der Waals surface area contributed by atoms with E-state index in [1.54, 1.807) is 0 Å². The van der Waals surface area contributed by atoms with Crippen molar-refractivity contribution in [1.29, 1.82) is 0 Å². The van der Waals surface area contributed by atoms with Gasteiger partial charge < -0.3 is 9.97 Å². The molecule has 0 saturated carbocycles. The summed E-state index contributed by atoms with van der Waals surface area (Å²) in [6, 6.07) is 46.7. The van der Waals surface area contributed by atoms with Crippen LogP contribution in [0.2, 0.25) is 19.6 Å². The Kier molecular flexibility index (Phi) is 12.4. The van der Waals surface area contributed by atoms with Crippen molar-refractivity contribution < 1.29 is 20.1 Å². The van der Waals surface area contributed by atoms with Crippen molar-refractivity contribution in [2.24, 2.45) is 0 Å². The van der Waals surface area contributed by atoms with Gasteiger partial charge in [-0.25, -0.2) is 0 Å². The minimum absolute atomic E-state index is 0. The molecule has 0 fully saturated rings. The smallest absolute Gasteiger partial charge is 0.0799 e. The van der Waals surface area contributed by atoms with Crippen LogP contribution in [0.15, 0.2) is 128 Å². The molecule has 0 aliphatic carbocycles. The molecule has 6 rings (SSSR count). The summed E-state index contributed by atoms with van der Waals surface area (Å²) in [5.74, 6) is 0.860. The van der Waals surface area contributed by atoms with Crippen LogP contribution in [0.5, 0.6) is 0 Å². The first kappa shape index (κ1) is 35.9. The molecular weight excluding hydrogens is 765 g/mol. The van der Waals surface area contributed by atoms with Gasteiger partial charge in [0.25, 0.3) is 0 Å². The van der Waals surface area contributed by atoms with Crippen LogP contribution in [-0.2, 0) is 20.1 Å². The normalized spacial score (nSPS) is 11.7. The van der Waals surface area contributed by atoms with Crippen LogP contribution < -0.4 is 5.19 Å². The summed E-state index contributed by atoms with van der Waals surface area (Å²) < 4.78 is 0. The molecule has 0 amide bonds. The fourth-order valence-electron chi connectivity index (χ4n) is 5.61. The van der Waals surface area contributed by atoms with Crippen LogP contribution in [0, 0.1) is 19.1 Å². The van der Waals surface area contributed by atoms with Crippen molar-refractivity contribution in [2.75, 3.05) is 0 Å². The van der Waals surface area contributed by atoms with E-state index in [1.807, 2.05) is 24.4 Å². The first-order valence-electron chi connectivity index (χ1n) is 16.2. The van der Waals surface area contributed by atoms with Crippen molar-refractivity contribution in [3.63, 3.8) is 0 Å². The number of hydrogen-bond acceptors (Lipinski definition) is 2. The quantitative estimate of drug-likeness (QED) is 0.119. The van der Waals surface area contributed by atoms with E-state index in [9.17, 15) is 0 Å². The molecule has 6 aromatic rings.